The quantitative estimate of drug-likeness (QED) is 0.300. The number of ether oxygens (including phenoxy) is 2. The van der Waals surface area contributed by atoms with Crippen LogP contribution in [0.5, 0.6) is 17.2 Å². The van der Waals surface area contributed by atoms with Gasteiger partial charge in [0.2, 0.25) is 0 Å². The molecular formula is C27H25F2N4O5P. The Kier molecular flexibility index (Phi) is 7.83. The van der Waals surface area contributed by atoms with Crippen LogP contribution in [0.4, 0.5) is 20.3 Å². The van der Waals surface area contributed by atoms with Crippen LogP contribution in [0, 0.1) is 11.6 Å². The van der Waals surface area contributed by atoms with Crippen molar-refractivity contribution in [1.29, 1.82) is 0 Å². The van der Waals surface area contributed by atoms with Gasteiger partial charge in [0.1, 0.15) is 35.8 Å². The first-order valence-electron chi connectivity index (χ1n) is 11.7. The number of hydrogen-bond donors (Lipinski definition) is 2. The minimum atomic E-state index is -2.91. The molecule has 0 bridgehead atoms. The average molecular weight is 554 g/mol. The fourth-order valence-corrected chi connectivity index (χ4v) is 5.12. The largest absolute Gasteiger partial charge is 0.493 e. The van der Waals surface area contributed by atoms with Crippen molar-refractivity contribution in [3.63, 3.8) is 0 Å². The number of rotatable bonds is 8. The Labute approximate surface area is 222 Å². The third-order valence-corrected chi connectivity index (χ3v) is 7.08. The number of amides is 1. The molecule has 39 heavy (non-hydrogen) atoms. The summed E-state index contributed by atoms with van der Waals surface area (Å²) in [5.41, 5.74) is 5.22. The van der Waals surface area contributed by atoms with Gasteiger partial charge in [0, 0.05) is 35.9 Å². The zero-order valence-electron chi connectivity index (χ0n) is 21.3. The molecule has 12 heteroatoms. The van der Waals surface area contributed by atoms with E-state index in [9.17, 15) is 18.5 Å². The number of nitrogens with zero attached hydrogens (tertiary/aromatic N) is 2. The number of nitrogens with two attached hydrogens (primary N) is 1. The van der Waals surface area contributed by atoms with Crippen molar-refractivity contribution >= 4 is 29.9 Å². The molecule has 2 aromatic carbocycles. The molecule has 0 fully saturated rings. The molecule has 0 spiro atoms. The summed E-state index contributed by atoms with van der Waals surface area (Å²) in [6, 6.07) is 11.7. The summed E-state index contributed by atoms with van der Waals surface area (Å²) in [6.45, 7) is 4.86. The van der Waals surface area contributed by atoms with Gasteiger partial charge < -0.3 is 25.1 Å². The van der Waals surface area contributed by atoms with E-state index in [1.54, 1.807) is 6.92 Å². The molecule has 0 radical (unpaired) electrons. The van der Waals surface area contributed by atoms with Gasteiger partial charge in [-0.3, -0.25) is 14.2 Å². The van der Waals surface area contributed by atoms with Crippen molar-refractivity contribution < 1.29 is 27.6 Å². The second-order valence-electron chi connectivity index (χ2n) is 8.73. The molecule has 2 aromatic heterocycles. The minimum absolute atomic E-state index is 0.0179. The highest BCUT2D eigenvalue weighted by Crippen LogP contribution is 2.41. The monoisotopic (exact) mass is 554 g/mol. The molecule has 0 aliphatic rings. The highest BCUT2D eigenvalue weighted by atomic mass is 31.2. The first-order valence-corrected chi connectivity index (χ1v) is 14.3. The summed E-state index contributed by atoms with van der Waals surface area (Å²) >= 11 is 0. The molecule has 4 rings (SSSR count). The van der Waals surface area contributed by atoms with Crippen LogP contribution in [0.2, 0.25) is 0 Å². The highest BCUT2D eigenvalue weighted by molar-refractivity contribution is 7.70. The summed E-state index contributed by atoms with van der Waals surface area (Å²) in [5.74, 6) is -2.21. The van der Waals surface area contributed by atoms with Gasteiger partial charge in [-0.15, -0.1) is 0 Å². The molecule has 202 valence electrons. The lowest BCUT2D eigenvalue weighted by Gasteiger charge is -2.16. The number of pyridine rings is 2. The van der Waals surface area contributed by atoms with Crippen molar-refractivity contribution in [2.45, 2.75) is 6.92 Å². The van der Waals surface area contributed by atoms with Crippen molar-refractivity contribution in [2.24, 2.45) is 0 Å². The fourth-order valence-electron chi connectivity index (χ4n) is 3.86. The van der Waals surface area contributed by atoms with Crippen LogP contribution in [0.3, 0.4) is 0 Å². The van der Waals surface area contributed by atoms with Crippen LogP contribution in [-0.2, 0) is 4.57 Å². The van der Waals surface area contributed by atoms with Gasteiger partial charge in [0.25, 0.3) is 11.5 Å². The van der Waals surface area contributed by atoms with E-state index in [1.165, 1.54) is 78.8 Å². The maximum Gasteiger partial charge on any atom is 0.271 e. The molecule has 9 nitrogen and oxygen atoms in total. The Morgan fingerprint density at radius 1 is 1.05 bits per heavy atom. The molecule has 0 unspecified atom stereocenters. The van der Waals surface area contributed by atoms with Gasteiger partial charge >= 0.3 is 0 Å². The second-order valence-corrected chi connectivity index (χ2v) is 11.9. The van der Waals surface area contributed by atoms with Crippen molar-refractivity contribution in [3.05, 3.63) is 94.5 Å². The van der Waals surface area contributed by atoms with E-state index in [-0.39, 0.29) is 46.2 Å². The van der Waals surface area contributed by atoms with Crippen molar-refractivity contribution in [2.75, 3.05) is 31.0 Å². The molecule has 0 aliphatic heterocycles. The van der Waals surface area contributed by atoms with E-state index in [0.29, 0.717) is 5.69 Å². The zero-order valence-corrected chi connectivity index (χ0v) is 22.2. The number of anilines is 2. The smallest absolute Gasteiger partial charge is 0.271 e. The minimum Gasteiger partial charge on any atom is -0.493 e. The number of benzene rings is 2. The average Bonchev–Trinajstić information content (AvgIpc) is 2.86. The summed E-state index contributed by atoms with van der Waals surface area (Å²) in [6.07, 6.45) is 2.76. The van der Waals surface area contributed by atoms with Crippen LogP contribution >= 0.6 is 7.14 Å². The first-order chi connectivity index (χ1) is 18.5. The maximum absolute atomic E-state index is 15.0. The Hall–Kier alpha value is -4.50. The molecule has 0 atom stereocenters. The van der Waals surface area contributed by atoms with Gasteiger partial charge in [-0.05, 0) is 62.7 Å². The zero-order chi connectivity index (χ0) is 28.3. The maximum atomic E-state index is 15.0. The number of carbonyl (C=O) groups excluding carboxylic acids is 1. The molecule has 0 aliphatic carbocycles. The SMILES string of the molecule is CCOc1ccn(-c2ccc(F)cc2)c(=O)c1C(=O)Nc1ccc(Oc2ccnc(N)c2P(C)(C)=O)c(F)c1. The molecular weight excluding hydrogens is 529 g/mol. The second kappa shape index (κ2) is 11.1. The lowest BCUT2D eigenvalue weighted by molar-refractivity contribution is 0.102. The molecule has 1 amide bonds. The Bertz CT molecular complexity index is 1650. The van der Waals surface area contributed by atoms with E-state index in [4.69, 9.17) is 15.2 Å². The topological polar surface area (TPSA) is 126 Å². The predicted octanol–water partition coefficient (Wildman–Crippen LogP) is 4.78. The fraction of sp³-hybridized carbons (Fsp3) is 0.148. The van der Waals surface area contributed by atoms with Crippen molar-refractivity contribution in [1.82, 2.24) is 9.55 Å². The van der Waals surface area contributed by atoms with Crippen LogP contribution < -0.4 is 31.4 Å². The number of nitrogens with one attached hydrogen (secondary N) is 1. The lowest BCUT2D eigenvalue weighted by atomic mass is 10.2. The lowest BCUT2D eigenvalue weighted by Crippen LogP contribution is -2.29. The summed E-state index contributed by atoms with van der Waals surface area (Å²) in [4.78, 5) is 30.4. The van der Waals surface area contributed by atoms with Gasteiger partial charge in [0.05, 0.1) is 11.9 Å². The van der Waals surface area contributed by atoms with Gasteiger partial charge in [0.15, 0.2) is 11.6 Å². The Balaban J connectivity index is 1.64. The third kappa shape index (κ3) is 5.99. The van der Waals surface area contributed by atoms with Gasteiger partial charge in [-0.1, -0.05) is 0 Å². The van der Waals surface area contributed by atoms with Crippen LogP contribution in [0.25, 0.3) is 5.69 Å². The van der Waals surface area contributed by atoms with E-state index in [1.807, 2.05) is 0 Å². The number of carbonyl (C=O) groups is 1. The Morgan fingerprint density at radius 3 is 2.41 bits per heavy atom. The summed E-state index contributed by atoms with van der Waals surface area (Å²) in [7, 11) is -2.91. The third-order valence-electron chi connectivity index (χ3n) is 5.55. The number of halogens is 2. The number of hydrogen-bond acceptors (Lipinski definition) is 7. The first kappa shape index (κ1) is 27.5. The van der Waals surface area contributed by atoms with Crippen LogP contribution in [-0.4, -0.2) is 35.4 Å². The van der Waals surface area contributed by atoms with Crippen LogP contribution in [0.1, 0.15) is 17.3 Å². The van der Waals surface area contributed by atoms with E-state index >= 15 is 4.39 Å². The van der Waals surface area contributed by atoms with Crippen LogP contribution in [0.15, 0.2) is 71.8 Å². The predicted molar refractivity (Wildman–Crippen MR) is 145 cm³/mol. The van der Waals surface area contributed by atoms with Crippen molar-refractivity contribution in [3.8, 4) is 22.9 Å². The number of nitrogen functional groups attached to an aromatic ring is 1. The Morgan fingerprint density at radius 2 is 1.77 bits per heavy atom. The molecule has 0 saturated carbocycles. The molecule has 3 N–H and O–H groups in total. The van der Waals surface area contributed by atoms with Gasteiger partial charge in [-0.25, -0.2) is 13.8 Å². The summed E-state index contributed by atoms with van der Waals surface area (Å²) in [5, 5.41) is 2.69. The standard InChI is InChI=1S/C27H25F2N4O5P/c1-4-37-21-12-14-33(18-8-5-16(28)6-9-18)27(35)23(21)26(34)32-17-7-10-20(19(29)15-17)38-22-11-13-31-25(30)24(22)39(2,3)36/h5-15H,4H2,1-3H3,(H2,30,31)(H,32,34). The normalized spacial score (nSPS) is 11.2. The van der Waals surface area contributed by atoms with E-state index < -0.39 is 30.2 Å². The molecule has 0 saturated heterocycles. The van der Waals surface area contributed by atoms with E-state index in [0.717, 1.165) is 6.07 Å². The molecule has 2 heterocycles. The van der Waals surface area contributed by atoms with Gasteiger partial charge in [-0.2, -0.15) is 0 Å². The highest BCUT2D eigenvalue weighted by Gasteiger charge is 2.24. The summed E-state index contributed by atoms with van der Waals surface area (Å²) < 4.78 is 53.3. The van der Waals surface area contributed by atoms with E-state index in [2.05, 4.69) is 10.3 Å². The molecule has 4 aromatic rings. The number of aromatic nitrogens is 2.